The Morgan fingerprint density at radius 1 is 1.16 bits per heavy atom. The van der Waals surface area contributed by atoms with Crippen LogP contribution in [0.2, 0.25) is 0 Å². The molecule has 0 aliphatic rings. The number of nitrogens with one attached hydrogen (secondary N) is 1. The molecule has 0 bridgehead atoms. The van der Waals surface area contributed by atoms with E-state index < -0.39 is 17.5 Å². The minimum Gasteiger partial charge on any atom is -0.497 e. The lowest BCUT2D eigenvalue weighted by Crippen LogP contribution is -2.27. The van der Waals surface area contributed by atoms with Gasteiger partial charge in [0.25, 0.3) is 5.56 Å². The average Bonchev–Trinajstić information content (AvgIpc) is 2.59. The van der Waals surface area contributed by atoms with Crippen molar-refractivity contribution in [2.24, 2.45) is 0 Å². The van der Waals surface area contributed by atoms with Crippen molar-refractivity contribution in [1.29, 1.82) is 0 Å². The van der Waals surface area contributed by atoms with E-state index in [0.29, 0.717) is 22.6 Å². The van der Waals surface area contributed by atoms with Gasteiger partial charge in [-0.25, -0.2) is 8.78 Å². The predicted molar refractivity (Wildman–Crippen MR) is 89.7 cm³/mol. The van der Waals surface area contributed by atoms with E-state index in [1.807, 2.05) is 0 Å². The molecule has 0 atom stereocenters. The van der Waals surface area contributed by atoms with Crippen LogP contribution >= 0.6 is 0 Å². The third-order valence-corrected chi connectivity index (χ3v) is 3.70. The first-order valence-electron chi connectivity index (χ1n) is 7.40. The standard InChI is InChI=1S/C18H14F2N2O3/c1-25-13-4-2-11-6-7-22(18(24)14(11)9-13)10-17(23)21-16-5-3-12(19)8-15(16)20/h2-9H,10H2,1H3,(H,21,23). The number of rotatable bonds is 4. The third-order valence-electron chi connectivity index (χ3n) is 3.70. The molecule has 0 spiro atoms. The van der Waals surface area contributed by atoms with Gasteiger partial charge < -0.3 is 14.6 Å². The molecule has 0 saturated carbocycles. The highest BCUT2D eigenvalue weighted by atomic mass is 19.1. The minimum atomic E-state index is -0.885. The molecule has 0 fully saturated rings. The fourth-order valence-electron chi connectivity index (χ4n) is 2.45. The number of fused-ring (bicyclic) bond motifs is 1. The molecule has 0 unspecified atom stereocenters. The molecule has 3 aromatic rings. The normalized spacial score (nSPS) is 10.7. The molecule has 1 amide bonds. The number of halogens is 2. The van der Waals surface area contributed by atoms with Crippen molar-refractivity contribution >= 4 is 22.4 Å². The van der Waals surface area contributed by atoms with Gasteiger partial charge in [-0.2, -0.15) is 0 Å². The Hall–Kier alpha value is -3.22. The number of aromatic nitrogens is 1. The zero-order valence-corrected chi connectivity index (χ0v) is 13.3. The number of nitrogens with zero attached hydrogens (tertiary/aromatic N) is 1. The molecule has 2 aromatic carbocycles. The van der Waals surface area contributed by atoms with E-state index in [1.54, 1.807) is 24.3 Å². The fourth-order valence-corrected chi connectivity index (χ4v) is 2.45. The number of anilines is 1. The number of pyridine rings is 1. The Morgan fingerprint density at radius 2 is 1.96 bits per heavy atom. The lowest BCUT2D eigenvalue weighted by atomic mass is 10.1. The Labute approximate surface area is 141 Å². The molecule has 128 valence electrons. The van der Waals surface area contributed by atoms with Crippen LogP contribution in [0.4, 0.5) is 14.5 Å². The first-order chi connectivity index (χ1) is 12.0. The maximum atomic E-state index is 13.6. The van der Waals surface area contributed by atoms with Gasteiger partial charge in [0.2, 0.25) is 5.91 Å². The average molecular weight is 344 g/mol. The number of amides is 1. The molecule has 0 radical (unpaired) electrons. The summed E-state index contributed by atoms with van der Waals surface area (Å²) in [5.74, 6) is -1.70. The van der Waals surface area contributed by atoms with Crippen molar-refractivity contribution in [3.05, 3.63) is 70.6 Å². The van der Waals surface area contributed by atoms with Gasteiger partial charge in [-0.1, -0.05) is 6.07 Å². The molecule has 1 N–H and O–H groups in total. The van der Waals surface area contributed by atoms with E-state index in [4.69, 9.17) is 4.74 Å². The number of carbonyl (C=O) groups is 1. The van der Waals surface area contributed by atoms with Gasteiger partial charge in [0.1, 0.15) is 23.9 Å². The predicted octanol–water partition coefficient (Wildman–Crippen LogP) is 2.93. The van der Waals surface area contributed by atoms with Crippen LogP contribution in [0.5, 0.6) is 5.75 Å². The lowest BCUT2D eigenvalue weighted by Gasteiger charge is -2.10. The van der Waals surface area contributed by atoms with E-state index in [2.05, 4.69) is 5.32 Å². The summed E-state index contributed by atoms with van der Waals surface area (Å²) in [7, 11) is 1.49. The second-order valence-electron chi connectivity index (χ2n) is 5.37. The number of ether oxygens (including phenoxy) is 1. The van der Waals surface area contributed by atoms with Crippen molar-refractivity contribution in [1.82, 2.24) is 4.57 Å². The summed E-state index contributed by atoms with van der Waals surface area (Å²) in [5, 5.41) is 3.44. The Kier molecular flexibility index (Phi) is 4.47. The highest BCUT2D eigenvalue weighted by Gasteiger charge is 2.11. The van der Waals surface area contributed by atoms with Crippen molar-refractivity contribution in [3.8, 4) is 5.75 Å². The SMILES string of the molecule is COc1ccc2ccn(CC(=O)Nc3ccc(F)cc3F)c(=O)c2c1. The summed E-state index contributed by atoms with van der Waals surface area (Å²) in [6, 6.07) is 9.59. The van der Waals surface area contributed by atoms with Crippen LogP contribution in [0.15, 0.2) is 53.5 Å². The van der Waals surface area contributed by atoms with E-state index >= 15 is 0 Å². The highest BCUT2D eigenvalue weighted by Crippen LogP contribution is 2.18. The molecule has 7 heteroatoms. The summed E-state index contributed by atoms with van der Waals surface area (Å²) in [6.45, 7) is -0.303. The fraction of sp³-hybridized carbons (Fsp3) is 0.111. The monoisotopic (exact) mass is 344 g/mol. The van der Waals surface area contributed by atoms with Gasteiger partial charge in [-0.3, -0.25) is 9.59 Å². The third kappa shape index (κ3) is 3.50. The highest BCUT2D eigenvalue weighted by molar-refractivity contribution is 5.91. The van der Waals surface area contributed by atoms with Crippen LogP contribution in [0, 0.1) is 11.6 Å². The van der Waals surface area contributed by atoms with Crippen molar-refractivity contribution < 1.29 is 18.3 Å². The minimum absolute atomic E-state index is 0.151. The maximum Gasteiger partial charge on any atom is 0.259 e. The smallest absolute Gasteiger partial charge is 0.259 e. The maximum absolute atomic E-state index is 13.6. The number of carbonyl (C=O) groups excluding carboxylic acids is 1. The summed E-state index contributed by atoms with van der Waals surface area (Å²) in [6.07, 6.45) is 1.48. The summed E-state index contributed by atoms with van der Waals surface area (Å²) in [5.41, 5.74) is -0.520. The van der Waals surface area contributed by atoms with Gasteiger partial charge in [-0.15, -0.1) is 0 Å². The van der Waals surface area contributed by atoms with Crippen LogP contribution in [-0.2, 0) is 11.3 Å². The Morgan fingerprint density at radius 3 is 2.68 bits per heavy atom. The molecular weight excluding hydrogens is 330 g/mol. The second kappa shape index (κ2) is 6.72. The van der Waals surface area contributed by atoms with Crippen molar-refractivity contribution in [2.75, 3.05) is 12.4 Å². The van der Waals surface area contributed by atoms with Crippen molar-refractivity contribution in [2.45, 2.75) is 6.54 Å². The summed E-state index contributed by atoms with van der Waals surface area (Å²) >= 11 is 0. The molecule has 0 aliphatic carbocycles. The van der Waals surface area contributed by atoms with Crippen LogP contribution in [0.25, 0.3) is 10.8 Å². The zero-order chi connectivity index (χ0) is 18.0. The Balaban J connectivity index is 1.85. The number of hydrogen-bond acceptors (Lipinski definition) is 3. The first-order valence-corrected chi connectivity index (χ1v) is 7.40. The van der Waals surface area contributed by atoms with Gasteiger partial charge in [0.15, 0.2) is 0 Å². The number of methoxy groups -OCH3 is 1. The van der Waals surface area contributed by atoms with Gasteiger partial charge in [0.05, 0.1) is 18.2 Å². The molecule has 0 saturated heterocycles. The van der Waals surface area contributed by atoms with Crippen LogP contribution in [-0.4, -0.2) is 17.6 Å². The molecule has 25 heavy (non-hydrogen) atoms. The number of benzene rings is 2. The van der Waals surface area contributed by atoms with E-state index in [9.17, 15) is 18.4 Å². The van der Waals surface area contributed by atoms with Crippen LogP contribution in [0.1, 0.15) is 0 Å². The van der Waals surface area contributed by atoms with Gasteiger partial charge >= 0.3 is 0 Å². The van der Waals surface area contributed by atoms with Gasteiger partial charge in [-0.05, 0) is 35.7 Å². The lowest BCUT2D eigenvalue weighted by molar-refractivity contribution is -0.116. The van der Waals surface area contributed by atoms with Crippen molar-refractivity contribution in [3.63, 3.8) is 0 Å². The molecule has 0 aliphatic heterocycles. The second-order valence-corrected chi connectivity index (χ2v) is 5.37. The van der Waals surface area contributed by atoms with Gasteiger partial charge in [0, 0.05) is 12.3 Å². The summed E-state index contributed by atoms with van der Waals surface area (Å²) in [4.78, 5) is 24.6. The molecule has 1 heterocycles. The van der Waals surface area contributed by atoms with Crippen LogP contribution < -0.4 is 15.6 Å². The Bertz CT molecular complexity index is 1010. The van der Waals surface area contributed by atoms with Crippen LogP contribution in [0.3, 0.4) is 0 Å². The largest absolute Gasteiger partial charge is 0.497 e. The topological polar surface area (TPSA) is 60.3 Å². The quantitative estimate of drug-likeness (QED) is 0.792. The molecular formula is C18H14F2N2O3. The first kappa shape index (κ1) is 16.6. The van der Waals surface area contributed by atoms with E-state index in [-0.39, 0.29) is 17.8 Å². The van der Waals surface area contributed by atoms with E-state index in [0.717, 1.165) is 12.1 Å². The molecule has 3 rings (SSSR count). The summed E-state index contributed by atoms with van der Waals surface area (Å²) < 4.78 is 32.8. The zero-order valence-electron chi connectivity index (χ0n) is 13.3. The van der Waals surface area contributed by atoms with E-state index in [1.165, 1.54) is 17.9 Å². The molecule has 1 aromatic heterocycles. The number of hydrogen-bond donors (Lipinski definition) is 1. The molecule has 5 nitrogen and oxygen atoms in total.